The Morgan fingerprint density at radius 3 is 2.62 bits per heavy atom. The number of ether oxygens (including phenoxy) is 1. The lowest BCUT2D eigenvalue weighted by molar-refractivity contribution is 0.242. The molecule has 4 heteroatoms. The smallest absolute Gasteiger partial charge is 0.195 e. The standard InChI is InChI=1S/C12H17N3O/c1-9(2)16-11-5-3-10(4-6-11)15-12-13-7-8-14-12/h3-6,9H,7-8H2,1-2H3,(H2,13,14,15). The molecule has 0 aliphatic carbocycles. The first-order valence-corrected chi connectivity index (χ1v) is 5.56. The van der Waals surface area contributed by atoms with Gasteiger partial charge in [0, 0.05) is 12.2 Å². The van der Waals surface area contributed by atoms with E-state index in [1.165, 1.54) is 0 Å². The van der Waals surface area contributed by atoms with Crippen molar-refractivity contribution in [2.75, 3.05) is 18.4 Å². The van der Waals surface area contributed by atoms with Gasteiger partial charge in [-0.3, -0.25) is 4.99 Å². The molecule has 86 valence electrons. The van der Waals surface area contributed by atoms with Gasteiger partial charge in [-0.2, -0.15) is 0 Å². The van der Waals surface area contributed by atoms with E-state index in [4.69, 9.17) is 4.74 Å². The van der Waals surface area contributed by atoms with Gasteiger partial charge in [0.15, 0.2) is 5.96 Å². The Morgan fingerprint density at radius 1 is 1.31 bits per heavy atom. The Hall–Kier alpha value is -1.71. The van der Waals surface area contributed by atoms with Crippen molar-refractivity contribution in [1.82, 2.24) is 5.32 Å². The lowest BCUT2D eigenvalue weighted by Crippen LogP contribution is -2.26. The predicted molar refractivity (Wildman–Crippen MR) is 66.1 cm³/mol. The first kappa shape index (κ1) is 10.8. The number of rotatable bonds is 3. The average molecular weight is 219 g/mol. The molecular formula is C12H17N3O. The second kappa shape index (κ2) is 4.88. The van der Waals surface area contributed by atoms with Crippen molar-refractivity contribution in [3.63, 3.8) is 0 Å². The van der Waals surface area contributed by atoms with E-state index in [0.717, 1.165) is 30.5 Å². The normalized spacial score (nSPS) is 14.6. The topological polar surface area (TPSA) is 45.6 Å². The maximum absolute atomic E-state index is 5.57. The molecule has 0 amide bonds. The van der Waals surface area contributed by atoms with Gasteiger partial charge in [-0.1, -0.05) is 0 Å². The SMILES string of the molecule is CC(C)Oc1ccc(NC2=NCCN2)cc1. The molecule has 0 spiro atoms. The van der Waals surface area contributed by atoms with Gasteiger partial charge in [-0.05, 0) is 38.1 Å². The van der Waals surface area contributed by atoms with Gasteiger partial charge in [0.25, 0.3) is 0 Å². The highest BCUT2D eigenvalue weighted by molar-refractivity contribution is 5.94. The molecule has 0 aromatic heterocycles. The van der Waals surface area contributed by atoms with Gasteiger partial charge in [-0.25, -0.2) is 0 Å². The van der Waals surface area contributed by atoms with Crippen molar-refractivity contribution < 1.29 is 4.74 Å². The minimum absolute atomic E-state index is 0.208. The quantitative estimate of drug-likeness (QED) is 0.815. The van der Waals surface area contributed by atoms with E-state index < -0.39 is 0 Å². The Balaban J connectivity index is 1.96. The van der Waals surface area contributed by atoms with Crippen LogP contribution in [0.15, 0.2) is 29.3 Å². The number of guanidine groups is 1. The van der Waals surface area contributed by atoms with E-state index in [2.05, 4.69) is 15.6 Å². The van der Waals surface area contributed by atoms with Crippen LogP contribution in [-0.2, 0) is 0 Å². The van der Waals surface area contributed by atoms with Crippen LogP contribution in [0.5, 0.6) is 5.75 Å². The summed E-state index contributed by atoms with van der Waals surface area (Å²) in [6.07, 6.45) is 0.208. The molecule has 2 N–H and O–H groups in total. The lowest BCUT2D eigenvalue weighted by atomic mass is 10.3. The van der Waals surface area contributed by atoms with Crippen LogP contribution in [0.25, 0.3) is 0 Å². The molecule has 0 fully saturated rings. The maximum atomic E-state index is 5.57. The van der Waals surface area contributed by atoms with E-state index >= 15 is 0 Å². The summed E-state index contributed by atoms with van der Waals surface area (Å²) in [6.45, 7) is 5.79. The molecule has 0 bridgehead atoms. The fourth-order valence-electron chi connectivity index (χ4n) is 1.51. The molecule has 0 saturated carbocycles. The number of anilines is 1. The van der Waals surface area contributed by atoms with Crippen molar-refractivity contribution in [3.8, 4) is 5.75 Å². The first-order chi connectivity index (χ1) is 7.74. The van der Waals surface area contributed by atoms with E-state index in [1.807, 2.05) is 38.1 Å². The largest absolute Gasteiger partial charge is 0.491 e. The number of aliphatic imine (C=N–C) groups is 1. The van der Waals surface area contributed by atoms with Crippen molar-refractivity contribution >= 4 is 11.6 Å². The number of nitrogens with zero attached hydrogens (tertiary/aromatic N) is 1. The molecule has 1 aromatic carbocycles. The van der Waals surface area contributed by atoms with Crippen LogP contribution in [0.1, 0.15) is 13.8 Å². The molecular weight excluding hydrogens is 202 g/mol. The summed E-state index contributed by atoms with van der Waals surface area (Å²) in [7, 11) is 0. The summed E-state index contributed by atoms with van der Waals surface area (Å²) in [5.74, 6) is 1.74. The Kier molecular flexibility index (Phi) is 3.29. The van der Waals surface area contributed by atoms with E-state index in [1.54, 1.807) is 0 Å². The Labute approximate surface area is 95.7 Å². The van der Waals surface area contributed by atoms with Gasteiger partial charge in [0.1, 0.15) is 5.75 Å². The molecule has 0 saturated heterocycles. The van der Waals surface area contributed by atoms with Gasteiger partial charge < -0.3 is 15.4 Å². The molecule has 4 nitrogen and oxygen atoms in total. The van der Waals surface area contributed by atoms with Crippen molar-refractivity contribution in [1.29, 1.82) is 0 Å². The highest BCUT2D eigenvalue weighted by Gasteiger charge is 2.04. The summed E-state index contributed by atoms with van der Waals surface area (Å²) in [4.78, 5) is 4.26. The highest BCUT2D eigenvalue weighted by atomic mass is 16.5. The summed E-state index contributed by atoms with van der Waals surface area (Å²) in [6, 6.07) is 7.89. The van der Waals surface area contributed by atoms with E-state index in [9.17, 15) is 0 Å². The third-order valence-electron chi connectivity index (χ3n) is 2.16. The van der Waals surface area contributed by atoms with Gasteiger partial charge in [0.05, 0.1) is 12.6 Å². The third kappa shape index (κ3) is 2.89. The molecule has 0 unspecified atom stereocenters. The van der Waals surface area contributed by atoms with E-state index in [-0.39, 0.29) is 6.10 Å². The number of benzene rings is 1. The minimum atomic E-state index is 0.208. The summed E-state index contributed by atoms with van der Waals surface area (Å²) in [5.41, 5.74) is 1.02. The van der Waals surface area contributed by atoms with Gasteiger partial charge >= 0.3 is 0 Å². The van der Waals surface area contributed by atoms with Crippen LogP contribution in [0, 0.1) is 0 Å². The zero-order valence-electron chi connectivity index (χ0n) is 9.66. The number of nitrogens with one attached hydrogen (secondary N) is 2. The Morgan fingerprint density at radius 2 is 2.06 bits per heavy atom. The Bertz CT molecular complexity index is 370. The van der Waals surface area contributed by atoms with Crippen molar-refractivity contribution in [3.05, 3.63) is 24.3 Å². The monoisotopic (exact) mass is 219 g/mol. The second-order valence-electron chi connectivity index (χ2n) is 3.97. The fourth-order valence-corrected chi connectivity index (χ4v) is 1.51. The van der Waals surface area contributed by atoms with Crippen LogP contribution in [0.4, 0.5) is 5.69 Å². The molecule has 1 aromatic rings. The van der Waals surface area contributed by atoms with Crippen LogP contribution in [-0.4, -0.2) is 25.2 Å². The number of hydrogen-bond donors (Lipinski definition) is 2. The maximum Gasteiger partial charge on any atom is 0.195 e. The molecule has 0 atom stereocenters. The molecule has 1 aliphatic heterocycles. The summed E-state index contributed by atoms with van der Waals surface area (Å²) in [5, 5.41) is 6.36. The fraction of sp³-hybridized carbons (Fsp3) is 0.417. The van der Waals surface area contributed by atoms with Crippen LogP contribution in [0.3, 0.4) is 0 Å². The van der Waals surface area contributed by atoms with Gasteiger partial charge in [0.2, 0.25) is 0 Å². The van der Waals surface area contributed by atoms with Crippen LogP contribution in [0.2, 0.25) is 0 Å². The minimum Gasteiger partial charge on any atom is -0.491 e. The third-order valence-corrected chi connectivity index (χ3v) is 2.16. The zero-order chi connectivity index (χ0) is 11.4. The molecule has 1 heterocycles. The van der Waals surface area contributed by atoms with Crippen LogP contribution < -0.4 is 15.4 Å². The lowest BCUT2D eigenvalue weighted by Gasteiger charge is -2.11. The molecule has 2 rings (SSSR count). The van der Waals surface area contributed by atoms with Crippen molar-refractivity contribution in [2.45, 2.75) is 20.0 Å². The zero-order valence-corrected chi connectivity index (χ0v) is 9.66. The number of hydrogen-bond acceptors (Lipinski definition) is 4. The average Bonchev–Trinajstić information content (AvgIpc) is 2.73. The molecule has 0 radical (unpaired) electrons. The van der Waals surface area contributed by atoms with Gasteiger partial charge in [-0.15, -0.1) is 0 Å². The van der Waals surface area contributed by atoms with E-state index in [0.29, 0.717) is 0 Å². The van der Waals surface area contributed by atoms with Crippen molar-refractivity contribution in [2.24, 2.45) is 4.99 Å². The predicted octanol–water partition coefficient (Wildman–Crippen LogP) is 1.84. The summed E-state index contributed by atoms with van der Waals surface area (Å²) < 4.78 is 5.57. The summed E-state index contributed by atoms with van der Waals surface area (Å²) >= 11 is 0. The molecule has 16 heavy (non-hydrogen) atoms. The molecule has 1 aliphatic rings. The first-order valence-electron chi connectivity index (χ1n) is 5.56. The van der Waals surface area contributed by atoms with Crippen LogP contribution >= 0.6 is 0 Å². The second-order valence-corrected chi connectivity index (χ2v) is 3.97. The highest BCUT2D eigenvalue weighted by Crippen LogP contribution is 2.16.